The minimum Gasteiger partial charge on any atom is -0.495 e. The number of ether oxygens (including phenoxy) is 1. The van der Waals surface area contributed by atoms with Crippen molar-refractivity contribution in [2.45, 2.75) is 55.5 Å². The van der Waals surface area contributed by atoms with Crippen molar-refractivity contribution in [2.24, 2.45) is 0 Å². The summed E-state index contributed by atoms with van der Waals surface area (Å²) in [6, 6.07) is 8.08. The Morgan fingerprint density at radius 1 is 1.31 bits per heavy atom. The summed E-state index contributed by atoms with van der Waals surface area (Å²) < 4.78 is 7.30. The number of para-hydroxylation sites is 2. The molecule has 1 amide bonds. The highest BCUT2D eigenvalue weighted by atomic mass is 32.2. The topological polar surface area (TPSA) is 60.2 Å². The van der Waals surface area contributed by atoms with Crippen LogP contribution in [0, 0.1) is 0 Å². The predicted molar refractivity (Wildman–Crippen MR) is 103 cm³/mol. The highest BCUT2D eigenvalue weighted by molar-refractivity contribution is 8.00. The minimum absolute atomic E-state index is 0.150. The fourth-order valence-corrected chi connectivity index (χ4v) is 4.38. The standard InChI is InChI=1S/C19H26N4O2S/c1-14(18(24)22(2)15-9-5-4-6-10-15)26-19-21-20-13-23(19)16-11-7-8-12-17(16)25-3/h7-8,11-15H,4-6,9-10H2,1-3H3. The molecule has 0 spiro atoms. The molecule has 1 atom stereocenters. The largest absolute Gasteiger partial charge is 0.495 e. The molecule has 6 nitrogen and oxygen atoms in total. The lowest BCUT2D eigenvalue weighted by molar-refractivity contribution is -0.131. The molecule has 7 heteroatoms. The zero-order valence-electron chi connectivity index (χ0n) is 15.6. The van der Waals surface area contributed by atoms with E-state index in [9.17, 15) is 4.79 Å². The molecular weight excluding hydrogens is 348 g/mol. The number of amides is 1. The summed E-state index contributed by atoms with van der Waals surface area (Å²) in [5.41, 5.74) is 0.864. The Morgan fingerprint density at radius 3 is 2.77 bits per heavy atom. The monoisotopic (exact) mass is 374 g/mol. The Balaban J connectivity index is 1.73. The maximum absolute atomic E-state index is 12.9. The van der Waals surface area contributed by atoms with Gasteiger partial charge in [-0.2, -0.15) is 0 Å². The minimum atomic E-state index is -0.223. The molecule has 1 aliphatic carbocycles. The summed E-state index contributed by atoms with van der Waals surface area (Å²) in [7, 11) is 3.57. The van der Waals surface area contributed by atoms with Crippen molar-refractivity contribution < 1.29 is 9.53 Å². The number of hydrogen-bond donors (Lipinski definition) is 0. The summed E-state index contributed by atoms with van der Waals surface area (Å²) >= 11 is 1.43. The van der Waals surface area contributed by atoms with E-state index in [2.05, 4.69) is 10.2 Å². The second-order valence-electron chi connectivity index (χ2n) is 6.66. The van der Waals surface area contributed by atoms with Crippen LogP contribution in [0.3, 0.4) is 0 Å². The predicted octanol–water partition coefficient (Wildman–Crippen LogP) is 3.55. The van der Waals surface area contributed by atoms with Crippen molar-refractivity contribution in [3.63, 3.8) is 0 Å². The molecule has 3 rings (SSSR count). The molecular formula is C19H26N4O2S. The number of methoxy groups -OCH3 is 1. The van der Waals surface area contributed by atoms with Crippen LogP contribution in [0.1, 0.15) is 39.0 Å². The van der Waals surface area contributed by atoms with Gasteiger partial charge in [0.25, 0.3) is 0 Å². The number of benzene rings is 1. The summed E-state index contributed by atoms with van der Waals surface area (Å²) in [4.78, 5) is 14.8. The fourth-order valence-electron chi connectivity index (χ4n) is 3.44. The van der Waals surface area contributed by atoms with Gasteiger partial charge < -0.3 is 9.64 Å². The third kappa shape index (κ3) is 4.03. The molecule has 2 aromatic rings. The molecule has 0 saturated heterocycles. The molecule has 1 heterocycles. The smallest absolute Gasteiger partial charge is 0.235 e. The third-order valence-electron chi connectivity index (χ3n) is 4.96. The van der Waals surface area contributed by atoms with E-state index in [-0.39, 0.29) is 11.2 Å². The lowest BCUT2D eigenvalue weighted by Gasteiger charge is -2.32. The Morgan fingerprint density at radius 2 is 2.04 bits per heavy atom. The molecule has 0 radical (unpaired) electrons. The van der Waals surface area contributed by atoms with Crippen LogP contribution in [0.5, 0.6) is 5.75 Å². The van der Waals surface area contributed by atoms with Crippen molar-refractivity contribution in [1.29, 1.82) is 0 Å². The fraction of sp³-hybridized carbons (Fsp3) is 0.526. The van der Waals surface area contributed by atoms with E-state index in [1.807, 2.05) is 47.7 Å². The van der Waals surface area contributed by atoms with Crippen LogP contribution in [0.15, 0.2) is 35.7 Å². The molecule has 0 bridgehead atoms. The van der Waals surface area contributed by atoms with E-state index in [0.29, 0.717) is 11.2 Å². The van der Waals surface area contributed by atoms with Crippen LogP contribution in [0.25, 0.3) is 5.69 Å². The number of hydrogen-bond acceptors (Lipinski definition) is 5. The van der Waals surface area contributed by atoms with Crippen molar-refractivity contribution >= 4 is 17.7 Å². The Hall–Kier alpha value is -2.02. The molecule has 1 aromatic heterocycles. The van der Waals surface area contributed by atoms with Crippen LogP contribution in [-0.4, -0.2) is 51.0 Å². The number of carbonyl (C=O) groups excluding carboxylic acids is 1. The molecule has 1 saturated carbocycles. The molecule has 1 fully saturated rings. The lowest BCUT2D eigenvalue weighted by Crippen LogP contribution is -2.42. The van der Waals surface area contributed by atoms with E-state index in [1.54, 1.807) is 13.4 Å². The van der Waals surface area contributed by atoms with Gasteiger partial charge in [0.05, 0.1) is 18.0 Å². The van der Waals surface area contributed by atoms with Crippen LogP contribution in [-0.2, 0) is 4.79 Å². The number of aromatic nitrogens is 3. The van der Waals surface area contributed by atoms with Crippen molar-refractivity contribution in [2.75, 3.05) is 14.2 Å². The van der Waals surface area contributed by atoms with Crippen LogP contribution in [0.4, 0.5) is 0 Å². The SMILES string of the molecule is COc1ccccc1-n1cnnc1SC(C)C(=O)N(C)C1CCCCC1. The van der Waals surface area contributed by atoms with Gasteiger partial charge in [-0.3, -0.25) is 9.36 Å². The van der Waals surface area contributed by atoms with E-state index in [1.165, 1.54) is 31.0 Å². The summed E-state index contributed by atoms with van der Waals surface area (Å²) in [5, 5.41) is 8.71. The van der Waals surface area contributed by atoms with Gasteiger partial charge in [-0.05, 0) is 31.9 Å². The van der Waals surface area contributed by atoms with Crippen molar-refractivity contribution in [3.8, 4) is 11.4 Å². The van der Waals surface area contributed by atoms with E-state index < -0.39 is 0 Å². The summed E-state index contributed by atoms with van der Waals surface area (Å²) in [6.45, 7) is 1.94. The Labute approximate surface area is 158 Å². The summed E-state index contributed by atoms with van der Waals surface area (Å²) in [6.07, 6.45) is 7.58. The van der Waals surface area contributed by atoms with E-state index in [0.717, 1.165) is 24.3 Å². The maximum Gasteiger partial charge on any atom is 0.235 e. The van der Waals surface area contributed by atoms with Crippen LogP contribution in [0.2, 0.25) is 0 Å². The zero-order valence-corrected chi connectivity index (χ0v) is 16.4. The highest BCUT2D eigenvalue weighted by Crippen LogP contribution is 2.30. The van der Waals surface area contributed by atoms with Crippen LogP contribution < -0.4 is 4.74 Å². The van der Waals surface area contributed by atoms with Gasteiger partial charge in [-0.25, -0.2) is 0 Å². The van der Waals surface area contributed by atoms with E-state index >= 15 is 0 Å². The van der Waals surface area contributed by atoms with Gasteiger partial charge in [0.2, 0.25) is 5.91 Å². The molecule has 1 aromatic carbocycles. The molecule has 1 unspecified atom stereocenters. The first-order chi connectivity index (χ1) is 12.6. The van der Waals surface area contributed by atoms with Gasteiger partial charge in [0.1, 0.15) is 12.1 Å². The first kappa shape index (κ1) is 18.8. The summed E-state index contributed by atoms with van der Waals surface area (Å²) in [5.74, 6) is 0.893. The number of nitrogens with zero attached hydrogens (tertiary/aromatic N) is 4. The lowest BCUT2D eigenvalue weighted by atomic mass is 9.94. The number of rotatable bonds is 6. The molecule has 140 valence electrons. The molecule has 1 aliphatic rings. The van der Waals surface area contributed by atoms with Crippen molar-refractivity contribution in [1.82, 2.24) is 19.7 Å². The highest BCUT2D eigenvalue weighted by Gasteiger charge is 2.27. The first-order valence-corrected chi connectivity index (χ1v) is 9.96. The maximum atomic E-state index is 12.9. The normalized spacial score (nSPS) is 16.3. The molecule has 26 heavy (non-hydrogen) atoms. The average Bonchev–Trinajstić information content (AvgIpc) is 3.15. The van der Waals surface area contributed by atoms with Gasteiger partial charge in [0.15, 0.2) is 5.16 Å². The van der Waals surface area contributed by atoms with Crippen LogP contribution >= 0.6 is 11.8 Å². The first-order valence-electron chi connectivity index (χ1n) is 9.08. The van der Waals surface area contributed by atoms with Gasteiger partial charge >= 0.3 is 0 Å². The van der Waals surface area contributed by atoms with Gasteiger partial charge in [-0.1, -0.05) is 43.2 Å². The van der Waals surface area contributed by atoms with Gasteiger partial charge in [0, 0.05) is 13.1 Å². The molecule has 0 aliphatic heterocycles. The second kappa shape index (κ2) is 8.58. The van der Waals surface area contributed by atoms with E-state index in [4.69, 9.17) is 4.74 Å². The Kier molecular flexibility index (Phi) is 6.19. The van der Waals surface area contributed by atoms with Crippen molar-refractivity contribution in [3.05, 3.63) is 30.6 Å². The second-order valence-corrected chi connectivity index (χ2v) is 7.96. The number of carbonyl (C=O) groups is 1. The average molecular weight is 375 g/mol. The number of thioether (sulfide) groups is 1. The van der Waals surface area contributed by atoms with Gasteiger partial charge in [-0.15, -0.1) is 10.2 Å². The Bertz CT molecular complexity index is 743. The quantitative estimate of drug-likeness (QED) is 0.724. The zero-order chi connectivity index (χ0) is 18.5. The molecule has 0 N–H and O–H groups in total. The third-order valence-corrected chi connectivity index (χ3v) is 6.01.